The maximum absolute atomic E-state index is 4.87. The lowest BCUT2D eigenvalue weighted by Gasteiger charge is -2.32. The molecule has 25 heavy (non-hydrogen) atoms. The summed E-state index contributed by atoms with van der Waals surface area (Å²) in [7, 11) is 2.22. The Labute approximate surface area is 150 Å². The van der Waals surface area contributed by atoms with Crippen molar-refractivity contribution in [1.29, 1.82) is 0 Å². The van der Waals surface area contributed by atoms with Gasteiger partial charge in [-0.1, -0.05) is 29.8 Å². The van der Waals surface area contributed by atoms with Gasteiger partial charge in [0.2, 0.25) is 0 Å². The molecule has 1 aliphatic heterocycles. The molecule has 0 amide bonds. The molecule has 2 aromatic carbocycles. The summed E-state index contributed by atoms with van der Waals surface area (Å²) >= 11 is 0. The molecule has 0 spiro atoms. The van der Waals surface area contributed by atoms with E-state index in [9.17, 15) is 0 Å². The van der Waals surface area contributed by atoms with Crippen molar-refractivity contribution in [1.82, 2.24) is 14.8 Å². The molecule has 0 saturated carbocycles. The lowest BCUT2D eigenvalue weighted by Crippen LogP contribution is -2.44. The Morgan fingerprint density at radius 3 is 2.52 bits per heavy atom. The number of nitrogens with zero attached hydrogens (tertiary/aromatic N) is 3. The highest BCUT2D eigenvalue weighted by atomic mass is 15.2. The lowest BCUT2D eigenvalue weighted by atomic mass is 9.97. The molecular weight excluding hydrogens is 306 g/mol. The van der Waals surface area contributed by atoms with E-state index in [1.54, 1.807) is 0 Å². The normalized spacial score (nSPS) is 16.7. The van der Waals surface area contributed by atoms with Crippen LogP contribution in [0.15, 0.2) is 42.5 Å². The molecule has 130 valence electrons. The number of aryl methyl sites for hydroxylation is 2. The zero-order valence-corrected chi connectivity index (χ0v) is 15.3. The Bertz CT molecular complexity index is 879. The number of aromatic nitrogens is 1. The number of hydrogen-bond acceptors (Lipinski definition) is 3. The SMILES string of the molecule is Cc1ccc2nc3ccccc3c(CCCN3CCN(C)CC3)c2c1. The summed E-state index contributed by atoms with van der Waals surface area (Å²) in [4.78, 5) is 9.90. The average Bonchev–Trinajstić information content (AvgIpc) is 2.63. The van der Waals surface area contributed by atoms with Gasteiger partial charge in [0.25, 0.3) is 0 Å². The van der Waals surface area contributed by atoms with Crippen LogP contribution in [0.2, 0.25) is 0 Å². The summed E-state index contributed by atoms with van der Waals surface area (Å²) in [6.07, 6.45) is 2.33. The van der Waals surface area contributed by atoms with E-state index in [-0.39, 0.29) is 0 Å². The second kappa shape index (κ2) is 7.11. The van der Waals surface area contributed by atoms with Gasteiger partial charge in [0.05, 0.1) is 11.0 Å². The van der Waals surface area contributed by atoms with Crippen molar-refractivity contribution in [2.75, 3.05) is 39.8 Å². The second-order valence-corrected chi connectivity index (χ2v) is 7.38. The van der Waals surface area contributed by atoms with Gasteiger partial charge in [0.1, 0.15) is 0 Å². The van der Waals surface area contributed by atoms with Gasteiger partial charge in [-0.05, 0) is 57.1 Å². The maximum Gasteiger partial charge on any atom is 0.0712 e. The summed E-state index contributed by atoms with van der Waals surface area (Å²) < 4.78 is 0. The van der Waals surface area contributed by atoms with Crippen LogP contribution in [-0.2, 0) is 6.42 Å². The van der Waals surface area contributed by atoms with Crippen molar-refractivity contribution in [2.24, 2.45) is 0 Å². The third kappa shape index (κ3) is 3.53. The predicted molar refractivity (Wildman–Crippen MR) is 106 cm³/mol. The quantitative estimate of drug-likeness (QED) is 0.676. The van der Waals surface area contributed by atoms with Crippen LogP contribution in [0.3, 0.4) is 0 Å². The third-order valence-corrected chi connectivity index (χ3v) is 5.44. The van der Waals surface area contributed by atoms with E-state index in [4.69, 9.17) is 4.98 Å². The van der Waals surface area contributed by atoms with Gasteiger partial charge in [0, 0.05) is 37.0 Å². The lowest BCUT2D eigenvalue weighted by molar-refractivity contribution is 0.153. The van der Waals surface area contributed by atoms with E-state index in [1.165, 1.54) is 61.0 Å². The fraction of sp³-hybridized carbons (Fsp3) is 0.409. The van der Waals surface area contributed by atoms with Crippen LogP contribution < -0.4 is 0 Å². The number of hydrogen-bond donors (Lipinski definition) is 0. The fourth-order valence-corrected chi connectivity index (χ4v) is 3.91. The molecule has 0 unspecified atom stereocenters. The van der Waals surface area contributed by atoms with E-state index in [0.29, 0.717) is 0 Å². The van der Waals surface area contributed by atoms with Gasteiger partial charge in [-0.15, -0.1) is 0 Å². The van der Waals surface area contributed by atoms with E-state index in [0.717, 1.165) is 17.5 Å². The van der Waals surface area contributed by atoms with Crippen molar-refractivity contribution in [3.05, 3.63) is 53.6 Å². The Hall–Kier alpha value is -1.97. The third-order valence-electron chi connectivity index (χ3n) is 5.44. The number of fused-ring (bicyclic) bond motifs is 2. The van der Waals surface area contributed by atoms with Crippen LogP contribution in [-0.4, -0.2) is 54.6 Å². The highest BCUT2D eigenvalue weighted by Crippen LogP contribution is 2.28. The van der Waals surface area contributed by atoms with Crippen molar-refractivity contribution in [3.8, 4) is 0 Å². The van der Waals surface area contributed by atoms with Gasteiger partial charge < -0.3 is 9.80 Å². The van der Waals surface area contributed by atoms with Crippen LogP contribution in [0.5, 0.6) is 0 Å². The standard InChI is InChI=1S/C22H27N3/c1-17-9-10-22-20(16-17)18(19-6-3-4-8-21(19)23-22)7-5-11-25-14-12-24(2)13-15-25/h3-4,6,8-10,16H,5,7,11-15H2,1-2H3. The van der Waals surface area contributed by atoms with Crippen LogP contribution in [0, 0.1) is 6.92 Å². The summed E-state index contributed by atoms with van der Waals surface area (Å²) in [6.45, 7) is 8.15. The van der Waals surface area contributed by atoms with E-state index in [1.807, 2.05) is 0 Å². The minimum atomic E-state index is 1.12. The molecule has 0 N–H and O–H groups in total. The monoisotopic (exact) mass is 333 g/mol. The fourth-order valence-electron chi connectivity index (χ4n) is 3.91. The second-order valence-electron chi connectivity index (χ2n) is 7.38. The number of likely N-dealkylation sites (N-methyl/N-ethyl adjacent to an activating group) is 1. The first-order valence-electron chi connectivity index (χ1n) is 9.39. The Balaban J connectivity index is 1.61. The summed E-state index contributed by atoms with van der Waals surface area (Å²) in [5, 5.41) is 2.65. The highest BCUT2D eigenvalue weighted by molar-refractivity contribution is 5.97. The minimum Gasteiger partial charge on any atom is -0.304 e. The molecule has 1 saturated heterocycles. The van der Waals surface area contributed by atoms with Crippen molar-refractivity contribution < 1.29 is 0 Å². The van der Waals surface area contributed by atoms with Gasteiger partial charge >= 0.3 is 0 Å². The Morgan fingerprint density at radius 2 is 1.68 bits per heavy atom. The smallest absolute Gasteiger partial charge is 0.0712 e. The molecule has 1 fully saturated rings. The first-order valence-corrected chi connectivity index (χ1v) is 9.39. The van der Waals surface area contributed by atoms with Crippen LogP contribution >= 0.6 is 0 Å². The molecule has 0 aliphatic carbocycles. The van der Waals surface area contributed by atoms with Crippen molar-refractivity contribution in [2.45, 2.75) is 19.8 Å². The van der Waals surface area contributed by atoms with Crippen molar-refractivity contribution >= 4 is 21.8 Å². The first-order chi connectivity index (χ1) is 12.2. The Kier molecular flexibility index (Phi) is 4.69. The largest absolute Gasteiger partial charge is 0.304 e. The molecule has 4 rings (SSSR count). The number of para-hydroxylation sites is 1. The van der Waals surface area contributed by atoms with Crippen LogP contribution in [0.4, 0.5) is 0 Å². The minimum absolute atomic E-state index is 1.12. The maximum atomic E-state index is 4.87. The predicted octanol–water partition coefficient (Wildman–Crippen LogP) is 3.88. The van der Waals surface area contributed by atoms with Crippen LogP contribution in [0.1, 0.15) is 17.5 Å². The van der Waals surface area contributed by atoms with E-state index in [2.05, 4.69) is 66.2 Å². The average molecular weight is 333 g/mol. The van der Waals surface area contributed by atoms with E-state index < -0.39 is 0 Å². The summed E-state index contributed by atoms with van der Waals surface area (Å²) in [5.74, 6) is 0. The van der Waals surface area contributed by atoms with E-state index >= 15 is 0 Å². The zero-order valence-electron chi connectivity index (χ0n) is 15.3. The number of pyridine rings is 1. The number of benzene rings is 2. The number of piperazine rings is 1. The van der Waals surface area contributed by atoms with Crippen molar-refractivity contribution in [3.63, 3.8) is 0 Å². The summed E-state index contributed by atoms with van der Waals surface area (Å²) in [6, 6.07) is 15.2. The van der Waals surface area contributed by atoms with Gasteiger partial charge in [0.15, 0.2) is 0 Å². The molecule has 0 atom stereocenters. The molecule has 0 radical (unpaired) electrons. The number of rotatable bonds is 4. The molecule has 3 aromatic rings. The van der Waals surface area contributed by atoms with Gasteiger partial charge in [-0.25, -0.2) is 4.98 Å². The van der Waals surface area contributed by atoms with Gasteiger partial charge in [-0.3, -0.25) is 0 Å². The molecule has 3 nitrogen and oxygen atoms in total. The molecule has 1 aromatic heterocycles. The van der Waals surface area contributed by atoms with Gasteiger partial charge in [-0.2, -0.15) is 0 Å². The molecular formula is C22H27N3. The zero-order chi connectivity index (χ0) is 17.2. The highest BCUT2D eigenvalue weighted by Gasteiger charge is 2.14. The Morgan fingerprint density at radius 1 is 0.920 bits per heavy atom. The molecule has 1 aliphatic rings. The molecule has 0 bridgehead atoms. The molecule has 3 heteroatoms. The first kappa shape index (κ1) is 16.5. The van der Waals surface area contributed by atoms with Crippen LogP contribution in [0.25, 0.3) is 21.8 Å². The topological polar surface area (TPSA) is 19.4 Å². The summed E-state index contributed by atoms with van der Waals surface area (Å²) in [5.41, 5.74) is 5.02. The molecule has 2 heterocycles.